The number of H-pyrrole nitrogens is 1. The number of esters is 2. The highest BCUT2D eigenvalue weighted by Crippen LogP contribution is 2.41. The number of ketones is 1. The average Bonchev–Trinajstić information content (AvgIpc) is 1.62. The molecule has 548 valence electrons. The van der Waals surface area contributed by atoms with Crippen LogP contribution < -0.4 is 39.3 Å². The van der Waals surface area contributed by atoms with Crippen LogP contribution in [0.2, 0.25) is 0 Å². The number of ether oxygens (including phenoxy) is 5. The Morgan fingerprint density at radius 1 is 0.709 bits per heavy atom. The second-order valence-corrected chi connectivity index (χ2v) is 28.1. The Kier molecular flexibility index (Phi) is 24.9. The van der Waals surface area contributed by atoms with E-state index in [2.05, 4.69) is 50.1 Å². The summed E-state index contributed by atoms with van der Waals surface area (Å²) >= 11 is 0. The highest BCUT2D eigenvalue weighted by Gasteiger charge is 2.45. The minimum atomic E-state index is -4.76. The zero-order chi connectivity index (χ0) is 76.2. The van der Waals surface area contributed by atoms with Gasteiger partial charge in [0.15, 0.2) is 32.6 Å². The number of sulfonamides is 3. The lowest BCUT2D eigenvalue weighted by Crippen LogP contribution is -2.35. The van der Waals surface area contributed by atoms with Crippen molar-refractivity contribution in [3.8, 4) is 17.8 Å². The summed E-state index contributed by atoms with van der Waals surface area (Å²) in [6.07, 6.45) is -2.01. The van der Waals surface area contributed by atoms with Crippen LogP contribution >= 0.6 is 0 Å². The number of fused-ring (bicyclic) bond motifs is 1. The Bertz CT molecular complexity index is 5180. The summed E-state index contributed by atoms with van der Waals surface area (Å²) in [7, 11) is -10.7. The number of nitrogens with one attached hydrogen (secondary N) is 5. The van der Waals surface area contributed by atoms with Crippen molar-refractivity contribution in [3.05, 3.63) is 200 Å². The molecule has 0 atom stereocenters. The SMILES string of the molecule is CCOC(=O)C1=NOC(c2ccccc2)(c2ccccc2)C1.COC(=O)c1ccc(CNS(C)(=O)=O)cc1S(=O)(=O)NC(=O)Nc1nc(OC)cc(OC)n1.COc1ncc(F)c2nc(S(=O)(=O)Nc3c(F)cccc3F)nn12.Cc1[nH]n(C)c(=O)c1C(=O)c1ccc(C(F)(F)F)cc1S(C)(=O)=O. The number of oxime groups is 1. The number of methoxy groups -OCH3 is 4. The molecule has 0 unspecified atom stereocenters. The Hall–Kier alpha value is -11.4. The smallest absolute Gasteiger partial charge is 0.416 e. The van der Waals surface area contributed by atoms with Crippen molar-refractivity contribution in [1.29, 1.82) is 0 Å². The fraction of sp³-hybridized carbons (Fsp3) is 0.230. The molecule has 5 heterocycles. The van der Waals surface area contributed by atoms with Crippen molar-refractivity contribution in [2.75, 3.05) is 57.6 Å². The number of alkyl halides is 3. The molecular weight excluding hydrogens is 1460 g/mol. The van der Waals surface area contributed by atoms with Crippen LogP contribution in [0, 0.1) is 24.4 Å². The van der Waals surface area contributed by atoms with Gasteiger partial charge in [0, 0.05) is 42.2 Å². The van der Waals surface area contributed by atoms with Gasteiger partial charge in [0.1, 0.15) is 27.8 Å². The number of nitrogens with zero attached hydrogens (tertiary/aromatic N) is 8. The summed E-state index contributed by atoms with van der Waals surface area (Å²) in [6.45, 7) is 3.27. The van der Waals surface area contributed by atoms with Crippen LogP contribution in [-0.4, -0.2) is 150 Å². The van der Waals surface area contributed by atoms with Gasteiger partial charge in [-0.2, -0.15) is 41.1 Å². The number of halogens is 6. The average molecular weight is 1520 g/mol. The Morgan fingerprint density at radius 3 is 1.82 bits per heavy atom. The van der Waals surface area contributed by atoms with Crippen molar-refractivity contribution in [2.24, 2.45) is 12.2 Å². The van der Waals surface area contributed by atoms with Crippen molar-refractivity contribution >= 4 is 86.7 Å². The molecule has 0 fully saturated rings. The van der Waals surface area contributed by atoms with Crippen LogP contribution in [0.1, 0.15) is 67.6 Å². The molecule has 103 heavy (non-hydrogen) atoms. The van der Waals surface area contributed by atoms with Gasteiger partial charge in [-0.15, -0.1) is 5.10 Å². The molecule has 2 amide bonds. The van der Waals surface area contributed by atoms with E-state index in [0.717, 1.165) is 71.8 Å². The standard InChI is InChI=1S/C18H17NO3.C17H21N5O9S2.C14H13F3N2O4S.C12H8F3N5O3S/c1-2-21-17(20)16-13-18(22-19-16,14-9-5-3-6-10-14)15-11-7-4-8-12-15;1-29-13-8-14(30-2)20-16(19-13)21-17(24)22-33(27,28)12-7-10(9-18-32(4,25)26)5-6-11(12)15(23)31-3;1-7-11(13(21)19(2)18-7)12(20)9-5-4-8(14(15,16)17)6-10(9)24(3,22)23;1-23-12-16-5-8(15)10-17-11(18-20(10)12)24(21,22)19-9-6(13)3-2-4-7(9)14/h3-12H,2,13H2,1H3;5-8,18H,9H2,1-4H3,(H2,19,20,21,22,24);4-6,18H,1-3H3;2-5,19H,1H3. The molecule has 0 aliphatic carbocycles. The van der Waals surface area contributed by atoms with Gasteiger partial charge >= 0.3 is 30.2 Å². The Balaban J connectivity index is 0.000000195. The van der Waals surface area contributed by atoms with E-state index in [9.17, 15) is 84.0 Å². The van der Waals surface area contributed by atoms with Crippen molar-refractivity contribution < 1.29 is 108 Å². The minimum absolute atomic E-state index is 0.0408. The molecule has 10 rings (SSSR count). The van der Waals surface area contributed by atoms with Crippen LogP contribution in [0.25, 0.3) is 5.65 Å². The van der Waals surface area contributed by atoms with Crippen molar-refractivity contribution in [2.45, 2.75) is 53.5 Å². The molecule has 5 aromatic carbocycles. The van der Waals surface area contributed by atoms with E-state index in [-0.39, 0.29) is 52.6 Å². The Labute approximate surface area is 581 Å². The summed E-state index contributed by atoms with van der Waals surface area (Å²) in [5, 5.41) is 11.3. The third-order valence-electron chi connectivity index (χ3n) is 13.9. The van der Waals surface area contributed by atoms with Crippen molar-refractivity contribution in [1.82, 2.24) is 48.8 Å². The molecule has 0 radical (unpaired) electrons. The molecule has 9 aromatic rings. The number of hydrogen-bond donors (Lipinski definition) is 5. The highest BCUT2D eigenvalue weighted by molar-refractivity contribution is 7.92. The lowest BCUT2D eigenvalue weighted by molar-refractivity contribution is -0.138. The molecule has 0 spiro atoms. The quantitative estimate of drug-likeness (QED) is 0.0325. The molecule has 32 nitrogen and oxygen atoms in total. The number of amides is 2. The topological polar surface area (TPSA) is 427 Å². The van der Waals surface area contributed by atoms with Crippen molar-refractivity contribution in [3.63, 3.8) is 0 Å². The van der Waals surface area contributed by atoms with E-state index < -0.39 is 136 Å². The molecule has 0 saturated carbocycles. The summed E-state index contributed by atoms with van der Waals surface area (Å²) in [4.78, 5) is 80.0. The maximum atomic E-state index is 13.7. The fourth-order valence-corrected chi connectivity index (χ4v) is 12.6. The normalized spacial score (nSPS) is 12.6. The summed E-state index contributed by atoms with van der Waals surface area (Å²) in [5.74, 6) is -5.82. The summed E-state index contributed by atoms with van der Waals surface area (Å²) in [6, 6.07) is 27.6. The number of hydrogen-bond acceptors (Lipinski definition) is 25. The molecule has 0 saturated heterocycles. The number of anilines is 2. The highest BCUT2D eigenvalue weighted by atomic mass is 32.2. The lowest BCUT2D eigenvalue weighted by atomic mass is 9.82. The third-order valence-corrected chi connectivity index (χ3v) is 18.2. The van der Waals surface area contributed by atoms with Gasteiger partial charge in [-0.25, -0.2) is 67.2 Å². The molecule has 5 N–H and O–H groups in total. The first-order valence-electron chi connectivity index (χ1n) is 28.9. The predicted molar refractivity (Wildman–Crippen MR) is 351 cm³/mol. The number of rotatable bonds is 20. The monoisotopic (exact) mass is 1520 g/mol. The van der Waals surface area contributed by atoms with Gasteiger partial charge < -0.3 is 28.5 Å². The largest absolute Gasteiger partial charge is 0.481 e. The maximum Gasteiger partial charge on any atom is 0.416 e. The van der Waals surface area contributed by atoms with Crippen LogP contribution in [0.3, 0.4) is 0 Å². The number of carbonyl (C=O) groups is 4. The first-order chi connectivity index (χ1) is 48.3. The molecule has 1 aliphatic rings. The Morgan fingerprint density at radius 2 is 1.30 bits per heavy atom. The lowest BCUT2D eigenvalue weighted by Gasteiger charge is -2.27. The van der Waals surface area contributed by atoms with Gasteiger partial charge in [-0.05, 0) is 61.9 Å². The zero-order valence-electron chi connectivity index (χ0n) is 55.0. The van der Waals surface area contributed by atoms with E-state index >= 15 is 0 Å². The number of aryl methyl sites for hydroxylation is 2. The van der Waals surface area contributed by atoms with Crippen LogP contribution in [0.5, 0.6) is 17.8 Å². The number of para-hydroxylation sites is 1. The minimum Gasteiger partial charge on any atom is -0.481 e. The molecule has 42 heteroatoms. The second kappa shape index (κ2) is 32.5. The molecule has 0 bridgehead atoms. The summed E-state index contributed by atoms with van der Waals surface area (Å²) < 4.78 is 207. The zero-order valence-corrected chi connectivity index (χ0v) is 58.2. The number of aromatic nitrogens is 8. The van der Waals surface area contributed by atoms with E-state index in [1.165, 1.54) is 47.4 Å². The van der Waals surface area contributed by atoms with E-state index in [1.807, 2.05) is 60.7 Å². The molecule has 4 aromatic heterocycles. The van der Waals surface area contributed by atoms with Crippen LogP contribution in [-0.2, 0) is 84.4 Å². The van der Waals surface area contributed by atoms with E-state index in [1.54, 1.807) is 16.4 Å². The van der Waals surface area contributed by atoms with Gasteiger partial charge in [-0.3, -0.25) is 29.4 Å². The van der Waals surface area contributed by atoms with Gasteiger partial charge in [0.25, 0.3) is 30.8 Å². The van der Waals surface area contributed by atoms with E-state index in [4.69, 9.17) is 23.8 Å². The molecule has 1 aliphatic heterocycles. The van der Waals surface area contributed by atoms with Crippen LogP contribution in [0.4, 0.5) is 42.8 Å². The maximum absolute atomic E-state index is 13.7. The number of aromatic amines is 1. The number of urea groups is 1. The predicted octanol–water partition coefficient (Wildman–Crippen LogP) is 6.14. The number of benzene rings is 5. The third kappa shape index (κ3) is 19.4. The first kappa shape index (κ1) is 79.0. The second-order valence-electron chi connectivity index (χ2n) is 21.0. The van der Waals surface area contributed by atoms with Crippen LogP contribution in [0.15, 0.2) is 152 Å². The first-order valence-corrected chi connectivity index (χ1v) is 35.7. The molecular formula is C61H59F6N13O19S4. The van der Waals surface area contributed by atoms with Gasteiger partial charge in [0.2, 0.25) is 33.5 Å². The number of carbonyl (C=O) groups excluding carboxylic acids is 4. The number of sulfone groups is 1. The fourth-order valence-electron chi connectivity index (χ4n) is 9.13. The van der Waals surface area contributed by atoms with E-state index in [0.29, 0.717) is 41.6 Å². The van der Waals surface area contributed by atoms with Gasteiger partial charge in [-0.1, -0.05) is 78.0 Å². The summed E-state index contributed by atoms with van der Waals surface area (Å²) in [5.41, 5.74) is -2.59. The van der Waals surface area contributed by atoms with Gasteiger partial charge in [0.05, 0.1) is 76.0 Å².